The number of primary sulfonamides is 1. The Morgan fingerprint density at radius 3 is 2.35 bits per heavy atom. The van der Waals surface area contributed by atoms with Crippen molar-refractivity contribution in [3.05, 3.63) is 42.5 Å². The van der Waals surface area contributed by atoms with Gasteiger partial charge in [0.15, 0.2) is 0 Å². The fourth-order valence-electron chi connectivity index (χ4n) is 1.79. The molecule has 2 aromatic carbocycles. The Balaban J connectivity index is 2.45. The van der Waals surface area contributed by atoms with Crippen molar-refractivity contribution in [2.24, 2.45) is 5.14 Å². The number of nitrogen functional groups attached to an aromatic ring is 1. The molecular formula is C13H15N3O2S2. The molecule has 0 spiro atoms. The number of hydrogen-bond acceptors (Lipinski definition) is 5. The third kappa shape index (κ3) is 3.06. The van der Waals surface area contributed by atoms with Crippen LogP contribution in [0.3, 0.4) is 0 Å². The molecule has 0 radical (unpaired) electrons. The largest absolute Gasteiger partial charge is 0.396 e. The fourth-order valence-corrected chi connectivity index (χ4v) is 3.03. The van der Waals surface area contributed by atoms with E-state index in [-0.39, 0.29) is 10.6 Å². The van der Waals surface area contributed by atoms with E-state index in [0.29, 0.717) is 5.69 Å². The Labute approximate surface area is 122 Å². The highest BCUT2D eigenvalue weighted by Gasteiger charge is 2.15. The molecule has 7 heteroatoms. The summed E-state index contributed by atoms with van der Waals surface area (Å²) in [6, 6.07) is 12.4. The highest BCUT2D eigenvalue weighted by atomic mass is 32.2. The van der Waals surface area contributed by atoms with E-state index in [9.17, 15) is 8.42 Å². The van der Waals surface area contributed by atoms with Crippen molar-refractivity contribution in [1.29, 1.82) is 0 Å². The van der Waals surface area contributed by atoms with Crippen LogP contribution < -0.4 is 16.2 Å². The molecule has 0 aliphatic rings. The van der Waals surface area contributed by atoms with Crippen molar-refractivity contribution in [2.45, 2.75) is 9.79 Å². The number of thioether (sulfide) groups is 1. The molecule has 106 valence electrons. The summed E-state index contributed by atoms with van der Waals surface area (Å²) in [6.45, 7) is 0. The summed E-state index contributed by atoms with van der Waals surface area (Å²) in [5.74, 6) is 0. The van der Waals surface area contributed by atoms with Gasteiger partial charge in [-0.3, -0.25) is 0 Å². The van der Waals surface area contributed by atoms with E-state index < -0.39 is 10.0 Å². The van der Waals surface area contributed by atoms with E-state index in [2.05, 4.69) is 5.32 Å². The molecule has 0 saturated heterocycles. The Morgan fingerprint density at radius 2 is 1.70 bits per heavy atom. The summed E-state index contributed by atoms with van der Waals surface area (Å²) in [4.78, 5) is 0.956. The minimum Gasteiger partial charge on any atom is -0.396 e. The van der Waals surface area contributed by atoms with E-state index >= 15 is 0 Å². The Bertz CT molecular complexity index is 730. The van der Waals surface area contributed by atoms with Gasteiger partial charge in [-0.15, -0.1) is 11.8 Å². The van der Waals surface area contributed by atoms with Crippen LogP contribution in [-0.4, -0.2) is 14.7 Å². The first-order valence-corrected chi connectivity index (χ1v) is 8.52. The van der Waals surface area contributed by atoms with Crippen LogP contribution in [-0.2, 0) is 10.0 Å². The average molecular weight is 309 g/mol. The number of hydrogen-bond donors (Lipinski definition) is 3. The van der Waals surface area contributed by atoms with Crippen LogP contribution in [0.25, 0.3) is 0 Å². The van der Waals surface area contributed by atoms with Gasteiger partial charge in [-0.2, -0.15) is 0 Å². The normalized spacial score (nSPS) is 11.3. The van der Waals surface area contributed by atoms with Gasteiger partial charge < -0.3 is 11.1 Å². The van der Waals surface area contributed by atoms with E-state index in [4.69, 9.17) is 10.9 Å². The van der Waals surface area contributed by atoms with Gasteiger partial charge >= 0.3 is 0 Å². The number of sulfonamides is 1. The molecule has 0 amide bonds. The molecule has 0 fully saturated rings. The predicted molar refractivity (Wildman–Crippen MR) is 83.7 cm³/mol. The van der Waals surface area contributed by atoms with Crippen LogP contribution >= 0.6 is 11.8 Å². The minimum absolute atomic E-state index is 0.0795. The van der Waals surface area contributed by atoms with Gasteiger partial charge in [0, 0.05) is 4.90 Å². The second-order valence-corrected chi connectivity index (χ2v) is 6.47. The molecule has 0 saturated carbocycles. The monoisotopic (exact) mass is 309 g/mol. The maximum atomic E-state index is 11.4. The lowest BCUT2D eigenvalue weighted by molar-refractivity contribution is 0.598. The second kappa shape index (κ2) is 5.74. The third-order valence-electron chi connectivity index (χ3n) is 2.75. The molecule has 0 unspecified atom stereocenters. The molecule has 0 heterocycles. The summed E-state index contributed by atoms with van der Waals surface area (Å²) in [5.41, 5.74) is 7.37. The quantitative estimate of drug-likeness (QED) is 0.595. The van der Waals surface area contributed by atoms with Crippen LogP contribution in [0.5, 0.6) is 0 Å². The maximum Gasteiger partial charge on any atom is 0.240 e. The summed E-state index contributed by atoms with van der Waals surface area (Å²) < 4.78 is 22.9. The molecule has 0 aliphatic heterocycles. The highest BCUT2D eigenvalue weighted by Crippen LogP contribution is 2.32. The van der Waals surface area contributed by atoms with Gasteiger partial charge in [-0.1, -0.05) is 18.2 Å². The van der Waals surface area contributed by atoms with Gasteiger partial charge in [0.25, 0.3) is 0 Å². The first-order chi connectivity index (χ1) is 9.43. The molecular weight excluding hydrogens is 294 g/mol. The molecule has 2 aromatic rings. The first kappa shape index (κ1) is 14.7. The first-order valence-electron chi connectivity index (χ1n) is 5.75. The maximum absolute atomic E-state index is 11.4. The molecule has 0 aromatic heterocycles. The third-order valence-corrected chi connectivity index (χ3v) is 4.51. The van der Waals surface area contributed by atoms with Gasteiger partial charge in [0.1, 0.15) is 4.90 Å². The number of nitrogens with one attached hydrogen (secondary N) is 1. The smallest absolute Gasteiger partial charge is 0.240 e. The van der Waals surface area contributed by atoms with Crippen LogP contribution in [0.1, 0.15) is 0 Å². The van der Waals surface area contributed by atoms with Crippen molar-refractivity contribution in [1.82, 2.24) is 0 Å². The number of rotatable bonds is 4. The predicted octanol–water partition coefficient (Wildman–Crippen LogP) is 2.38. The zero-order valence-electron chi connectivity index (χ0n) is 10.8. The SMILES string of the molecule is CSc1ccccc1Nc1cccc(S(N)(=O)=O)c1N. The van der Waals surface area contributed by atoms with Crippen molar-refractivity contribution >= 4 is 38.8 Å². The highest BCUT2D eigenvalue weighted by molar-refractivity contribution is 7.98. The summed E-state index contributed by atoms with van der Waals surface area (Å²) >= 11 is 1.58. The number of benzene rings is 2. The zero-order chi connectivity index (χ0) is 14.8. The molecule has 2 rings (SSSR count). The lowest BCUT2D eigenvalue weighted by atomic mass is 10.2. The lowest BCUT2D eigenvalue weighted by Crippen LogP contribution is -2.15. The van der Waals surface area contributed by atoms with E-state index in [0.717, 1.165) is 10.6 Å². The zero-order valence-corrected chi connectivity index (χ0v) is 12.5. The van der Waals surface area contributed by atoms with E-state index in [1.807, 2.05) is 30.5 Å². The Kier molecular flexibility index (Phi) is 4.22. The molecule has 5 nitrogen and oxygen atoms in total. The summed E-state index contributed by atoms with van der Waals surface area (Å²) in [7, 11) is -3.83. The van der Waals surface area contributed by atoms with Crippen molar-refractivity contribution in [2.75, 3.05) is 17.3 Å². The number of anilines is 3. The Morgan fingerprint density at radius 1 is 1.05 bits per heavy atom. The molecule has 0 bridgehead atoms. The van der Waals surface area contributed by atoms with E-state index in [1.165, 1.54) is 6.07 Å². The number of nitrogens with two attached hydrogens (primary N) is 2. The Hall–Kier alpha value is -1.70. The lowest BCUT2D eigenvalue weighted by Gasteiger charge is -2.14. The van der Waals surface area contributed by atoms with Crippen LogP contribution in [0.15, 0.2) is 52.3 Å². The van der Waals surface area contributed by atoms with Gasteiger partial charge in [0.2, 0.25) is 10.0 Å². The molecule has 20 heavy (non-hydrogen) atoms. The van der Waals surface area contributed by atoms with Gasteiger partial charge in [-0.05, 0) is 30.5 Å². The van der Waals surface area contributed by atoms with Crippen molar-refractivity contribution in [3.63, 3.8) is 0 Å². The minimum atomic E-state index is -3.83. The summed E-state index contributed by atoms with van der Waals surface area (Å²) in [5, 5.41) is 8.27. The fraction of sp³-hybridized carbons (Fsp3) is 0.0769. The average Bonchev–Trinajstić information content (AvgIpc) is 2.40. The second-order valence-electron chi connectivity index (χ2n) is 4.09. The van der Waals surface area contributed by atoms with Crippen LogP contribution in [0.4, 0.5) is 17.1 Å². The topological polar surface area (TPSA) is 98.2 Å². The summed E-state index contributed by atoms with van der Waals surface area (Å²) in [6.07, 6.45) is 1.96. The molecule has 0 atom stereocenters. The van der Waals surface area contributed by atoms with Crippen LogP contribution in [0, 0.1) is 0 Å². The van der Waals surface area contributed by atoms with Gasteiger partial charge in [0.05, 0.1) is 17.1 Å². The van der Waals surface area contributed by atoms with Gasteiger partial charge in [-0.25, -0.2) is 13.6 Å². The molecule has 5 N–H and O–H groups in total. The van der Waals surface area contributed by atoms with Crippen LogP contribution in [0.2, 0.25) is 0 Å². The molecule has 0 aliphatic carbocycles. The number of para-hydroxylation sites is 2. The van der Waals surface area contributed by atoms with Crippen molar-refractivity contribution < 1.29 is 8.42 Å². The standard InChI is InChI=1S/C13H15N3O2S2/c1-19-11-7-3-2-5-9(11)16-10-6-4-8-12(13(10)14)20(15,17)18/h2-8,16H,14H2,1H3,(H2,15,17,18). The van der Waals surface area contributed by atoms with E-state index in [1.54, 1.807) is 23.9 Å². The van der Waals surface area contributed by atoms with Crippen molar-refractivity contribution in [3.8, 4) is 0 Å².